The quantitative estimate of drug-likeness (QED) is 0.521. The van der Waals surface area contributed by atoms with Gasteiger partial charge in [-0.2, -0.15) is 11.8 Å². The lowest BCUT2D eigenvalue weighted by atomic mass is 10.3. The van der Waals surface area contributed by atoms with Gasteiger partial charge < -0.3 is 5.11 Å². The molecule has 2 heteroatoms. The maximum Gasteiger partial charge on any atom is 0.0612 e. The van der Waals surface area contributed by atoms with Crippen LogP contribution in [0.2, 0.25) is 0 Å². The molecule has 2 aliphatic rings. The van der Waals surface area contributed by atoms with Crippen LogP contribution in [-0.4, -0.2) is 22.7 Å². The van der Waals surface area contributed by atoms with Gasteiger partial charge in [0, 0.05) is 0 Å². The Morgan fingerprint density at radius 1 is 1.38 bits per heavy atom. The van der Waals surface area contributed by atoms with E-state index in [1.807, 2.05) is 11.8 Å². The highest BCUT2D eigenvalue weighted by atomic mass is 32.2. The Kier molecular flexibility index (Phi) is 1.05. The minimum Gasteiger partial charge on any atom is -0.392 e. The van der Waals surface area contributed by atoms with Crippen LogP contribution in [0.5, 0.6) is 0 Å². The van der Waals surface area contributed by atoms with E-state index in [1.165, 1.54) is 17.9 Å². The van der Waals surface area contributed by atoms with E-state index in [4.69, 9.17) is 5.11 Å². The molecule has 0 bridgehead atoms. The summed E-state index contributed by atoms with van der Waals surface area (Å²) in [6, 6.07) is 0. The molecule has 1 saturated carbocycles. The largest absolute Gasteiger partial charge is 0.392 e. The van der Waals surface area contributed by atoms with Gasteiger partial charge in [-0.15, -0.1) is 0 Å². The first-order valence-electron chi connectivity index (χ1n) is 3.15. The van der Waals surface area contributed by atoms with Gasteiger partial charge in [0.1, 0.15) is 0 Å². The topological polar surface area (TPSA) is 20.2 Å². The maximum atomic E-state index is 9.11. The highest BCUT2D eigenvalue weighted by molar-refractivity contribution is 7.99. The molecular weight excluding hydrogens is 120 g/mol. The lowest BCUT2D eigenvalue weighted by Crippen LogP contribution is -1.96. The Hall–Kier alpha value is 0.310. The summed E-state index contributed by atoms with van der Waals surface area (Å²) in [5.74, 6) is 3.88. The summed E-state index contributed by atoms with van der Waals surface area (Å²) in [5.41, 5.74) is 0. The van der Waals surface area contributed by atoms with Crippen LogP contribution in [0, 0.1) is 11.8 Å². The smallest absolute Gasteiger partial charge is 0.0612 e. The van der Waals surface area contributed by atoms with Crippen LogP contribution in [0.4, 0.5) is 0 Å². The van der Waals surface area contributed by atoms with Crippen LogP contribution < -0.4 is 0 Å². The van der Waals surface area contributed by atoms with Crippen LogP contribution in [0.15, 0.2) is 0 Å². The van der Waals surface area contributed by atoms with Gasteiger partial charge in [-0.05, 0) is 29.8 Å². The van der Waals surface area contributed by atoms with Gasteiger partial charge in [0.2, 0.25) is 0 Å². The second-order valence-electron chi connectivity index (χ2n) is 2.68. The first kappa shape index (κ1) is 5.12. The lowest BCUT2D eigenvalue weighted by Gasteiger charge is -2.04. The summed E-state index contributed by atoms with van der Waals surface area (Å²) in [5, 5.41) is 9.11. The van der Waals surface area contributed by atoms with E-state index in [-0.39, 0.29) is 6.10 Å². The van der Waals surface area contributed by atoms with Crippen LogP contribution >= 0.6 is 11.8 Å². The molecule has 0 aromatic carbocycles. The Morgan fingerprint density at radius 3 is 2.75 bits per heavy atom. The fraction of sp³-hybridized carbons (Fsp3) is 1.00. The zero-order valence-corrected chi connectivity index (χ0v) is 5.53. The SMILES string of the molecule is OC1C2CCSCC12. The van der Waals surface area contributed by atoms with E-state index in [2.05, 4.69) is 0 Å². The van der Waals surface area contributed by atoms with Crippen LogP contribution in [0.25, 0.3) is 0 Å². The summed E-state index contributed by atoms with van der Waals surface area (Å²) in [6.45, 7) is 0. The minimum atomic E-state index is 0.0880. The summed E-state index contributed by atoms with van der Waals surface area (Å²) < 4.78 is 0. The van der Waals surface area contributed by atoms with Gasteiger partial charge in [0.25, 0.3) is 0 Å². The van der Waals surface area contributed by atoms with Gasteiger partial charge in [0.15, 0.2) is 0 Å². The normalized spacial score (nSPS) is 52.9. The summed E-state index contributed by atoms with van der Waals surface area (Å²) in [7, 11) is 0. The fourth-order valence-corrected chi connectivity index (χ4v) is 2.79. The second kappa shape index (κ2) is 1.64. The van der Waals surface area contributed by atoms with Gasteiger partial charge in [0.05, 0.1) is 6.10 Å². The van der Waals surface area contributed by atoms with E-state index in [1.54, 1.807) is 0 Å². The molecule has 1 aliphatic carbocycles. The van der Waals surface area contributed by atoms with Crippen molar-refractivity contribution in [2.75, 3.05) is 11.5 Å². The average Bonchev–Trinajstić information content (AvgIpc) is 2.46. The Labute approximate surface area is 53.5 Å². The molecule has 8 heavy (non-hydrogen) atoms. The van der Waals surface area contributed by atoms with Crippen molar-refractivity contribution in [2.45, 2.75) is 12.5 Å². The molecule has 2 fully saturated rings. The predicted octanol–water partition coefficient (Wildman–Crippen LogP) is 0.730. The number of rotatable bonds is 0. The van der Waals surface area contributed by atoms with E-state index in [0.29, 0.717) is 11.8 Å². The summed E-state index contributed by atoms with van der Waals surface area (Å²) >= 11 is 1.99. The standard InChI is InChI=1S/C6H10OS/c7-6-4-1-2-8-3-5(4)6/h4-7H,1-3H2. The van der Waals surface area contributed by atoms with E-state index < -0.39 is 0 Å². The lowest BCUT2D eigenvalue weighted by molar-refractivity contribution is 0.250. The number of aliphatic hydroxyl groups excluding tert-OH is 1. The van der Waals surface area contributed by atoms with Crippen molar-refractivity contribution in [3.05, 3.63) is 0 Å². The Balaban J connectivity index is 1.97. The number of hydrogen-bond acceptors (Lipinski definition) is 2. The first-order chi connectivity index (χ1) is 3.89. The third kappa shape index (κ3) is 0.594. The van der Waals surface area contributed by atoms with E-state index in [9.17, 15) is 0 Å². The number of thioether (sulfide) groups is 1. The molecule has 3 unspecified atom stereocenters. The monoisotopic (exact) mass is 130 g/mol. The molecule has 1 heterocycles. The number of aliphatic hydroxyl groups is 1. The van der Waals surface area contributed by atoms with Crippen molar-refractivity contribution in [3.8, 4) is 0 Å². The average molecular weight is 130 g/mol. The van der Waals surface area contributed by atoms with Crippen molar-refractivity contribution in [2.24, 2.45) is 11.8 Å². The van der Waals surface area contributed by atoms with Crippen molar-refractivity contribution in [1.29, 1.82) is 0 Å². The highest BCUT2D eigenvalue weighted by Gasteiger charge is 2.49. The van der Waals surface area contributed by atoms with Gasteiger partial charge >= 0.3 is 0 Å². The molecule has 0 radical (unpaired) electrons. The van der Waals surface area contributed by atoms with Crippen molar-refractivity contribution in [1.82, 2.24) is 0 Å². The molecule has 0 spiro atoms. The molecule has 1 nitrogen and oxygen atoms in total. The number of hydrogen-bond donors (Lipinski definition) is 1. The molecule has 0 aromatic rings. The Morgan fingerprint density at radius 2 is 2.25 bits per heavy atom. The molecule has 1 N–H and O–H groups in total. The third-order valence-corrected chi connectivity index (χ3v) is 3.34. The van der Waals surface area contributed by atoms with Crippen molar-refractivity contribution < 1.29 is 5.11 Å². The predicted molar refractivity (Wildman–Crippen MR) is 34.9 cm³/mol. The summed E-state index contributed by atoms with van der Waals surface area (Å²) in [6.07, 6.45) is 1.35. The van der Waals surface area contributed by atoms with Gasteiger partial charge in [-0.25, -0.2) is 0 Å². The first-order valence-corrected chi connectivity index (χ1v) is 4.31. The second-order valence-corrected chi connectivity index (χ2v) is 3.83. The van der Waals surface area contributed by atoms with Crippen molar-refractivity contribution in [3.63, 3.8) is 0 Å². The zero-order chi connectivity index (χ0) is 5.56. The van der Waals surface area contributed by atoms with Crippen LogP contribution in [-0.2, 0) is 0 Å². The van der Waals surface area contributed by atoms with E-state index >= 15 is 0 Å². The minimum absolute atomic E-state index is 0.0880. The molecule has 1 aliphatic heterocycles. The molecule has 0 amide bonds. The van der Waals surface area contributed by atoms with Crippen LogP contribution in [0.1, 0.15) is 6.42 Å². The zero-order valence-electron chi connectivity index (χ0n) is 4.71. The van der Waals surface area contributed by atoms with Crippen LogP contribution in [0.3, 0.4) is 0 Å². The highest BCUT2D eigenvalue weighted by Crippen LogP contribution is 2.47. The molecule has 2 rings (SSSR count). The van der Waals surface area contributed by atoms with Gasteiger partial charge in [-0.3, -0.25) is 0 Å². The molecule has 1 saturated heterocycles. The van der Waals surface area contributed by atoms with E-state index in [0.717, 1.165) is 0 Å². The Bertz CT molecular complexity index is 92.7. The molecule has 46 valence electrons. The summed E-state index contributed by atoms with van der Waals surface area (Å²) in [4.78, 5) is 0. The molecule has 3 atom stereocenters. The van der Waals surface area contributed by atoms with Crippen molar-refractivity contribution >= 4 is 11.8 Å². The maximum absolute atomic E-state index is 9.11. The fourth-order valence-electron chi connectivity index (χ4n) is 1.47. The third-order valence-electron chi connectivity index (χ3n) is 2.19. The van der Waals surface area contributed by atoms with Gasteiger partial charge in [-0.1, -0.05) is 0 Å². The molecule has 0 aromatic heterocycles. The molecular formula is C6H10OS. The number of fused-ring (bicyclic) bond motifs is 1.